The summed E-state index contributed by atoms with van der Waals surface area (Å²) in [4.78, 5) is 46.5. The third-order valence-electron chi connectivity index (χ3n) is 3.80. The summed E-state index contributed by atoms with van der Waals surface area (Å²) in [5, 5.41) is 13.6. The number of amides is 3. The number of hydrogen-bond acceptors (Lipinski definition) is 6. The fourth-order valence-electron chi connectivity index (χ4n) is 2.31. The number of aryl methyl sites for hydroxylation is 1. The van der Waals surface area contributed by atoms with Gasteiger partial charge in [0, 0.05) is 22.2 Å². The molecule has 0 saturated carbocycles. The zero-order valence-electron chi connectivity index (χ0n) is 15.4. The summed E-state index contributed by atoms with van der Waals surface area (Å²) < 4.78 is 5.05. The Balaban J connectivity index is 1.91. The Morgan fingerprint density at radius 2 is 1.83 bits per heavy atom. The van der Waals surface area contributed by atoms with E-state index in [0.29, 0.717) is 10.6 Å². The van der Waals surface area contributed by atoms with E-state index >= 15 is 0 Å². The normalized spacial score (nSPS) is 10.0. The molecule has 29 heavy (non-hydrogen) atoms. The number of nitrogens with zero attached hydrogens (tertiary/aromatic N) is 1. The highest BCUT2D eigenvalue weighted by molar-refractivity contribution is 6.31. The van der Waals surface area contributed by atoms with Gasteiger partial charge in [-0.15, -0.1) is 0 Å². The molecule has 0 heterocycles. The molecule has 2 aromatic rings. The summed E-state index contributed by atoms with van der Waals surface area (Å²) in [7, 11) is 1.38. The number of carbonyl (C=O) groups excluding carboxylic acids is 3. The van der Waals surface area contributed by atoms with Crippen LogP contribution in [0.4, 0.5) is 5.69 Å². The number of hydrazine groups is 1. The lowest BCUT2D eigenvalue weighted by Crippen LogP contribution is -2.46. The molecule has 3 amide bonds. The van der Waals surface area contributed by atoms with Crippen LogP contribution in [-0.4, -0.2) is 36.3 Å². The Labute approximate surface area is 170 Å². The van der Waals surface area contributed by atoms with E-state index in [0.717, 1.165) is 6.07 Å². The topological polar surface area (TPSA) is 140 Å². The first-order valence-electron chi connectivity index (χ1n) is 8.19. The van der Waals surface area contributed by atoms with Crippen LogP contribution in [0.1, 0.15) is 26.3 Å². The van der Waals surface area contributed by atoms with Crippen LogP contribution in [-0.2, 0) is 4.79 Å². The van der Waals surface area contributed by atoms with Gasteiger partial charge in [0.2, 0.25) is 0 Å². The largest absolute Gasteiger partial charge is 0.496 e. The van der Waals surface area contributed by atoms with Gasteiger partial charge in [-0.2, -0.15) is 0 Å². The molecule has 0 unspecified atom stereocenters. The SMILES string of the molecule is COc1ccc(Cl)cc1C(=O)NNC(=O)CNC(=O)c1ccc(C)c([N+](=O)[O-])c1. The van der Waals surface area contributed by atoms with Gasteiger partial charge in [-0.1, -0.05) is 17.7 Å². The highest BCUT2D eigenvalue weighted by atomic mass is 35.5. The molecule has 10 nitrogen and oxygen atoms in total. The Bertz CT molecular complexity index is 979. The predicted octanol–water partition coefficient (Wildman–Crippen LogP) is 1.76. The number of nitrogens with one attached hydrogen (secondary N) is 3. The Hall–Kier alpha value is -3.66. The van der Waals surface area contributed by atoms with Crippen LogP contribution in [0.5, 0.6) is 5.75 Å². The van der Waals surface area contributed by atoms with Crippen molar-refractivity contribution in [3.8, 4) is 5.75 Å². The number of hydrogen-bond donors (Lipinski definition) is 3. The lowest BCUT2D eigenvalue weighted by molar-refractivity contribution is -0.385. The van der Waals surface area contributed by atoms with E-state index < -0.39 is 29.2 Å². The minimum atomic E-state index is -0.714. The Morgan fingerprint density at radius 1 is 1.10 bits per heavy atom. The highest BCUT2D eigenvalue weighted by Crippen LogP contribution is 2.22. The minimum Gasteiger partial charge on any atom is -0.496 e. The molecule has 0 aromatic heterocycles. The van der Waals surface area contributed by atoms with E-state index in [2.05, 4.69) is 16.2 Å². The lowest BCUT2D eigenvalue weighted by atomic mass is 10.1. The molecule has 0 aliphatic rings. The van der Waals surface area contributed by atoms with Gasteiger partial charge in [-0.05, 0) is 31.2 Å². The van der Waals surface area contributed by atoms with Crippen LogP contribution in [0.3, 0.4) is 0 Å². The maximum atomic E-state index is 12.2. The Morgan fingerprint density at radius 3 is 2.48 bits per heavy atom. The fourth-order valence-corrected chi connectivity index (χ4v) is 2.48. The van der Waals surface area contributed by atoms with Gasteiger partial charge in [0.25, 0.3) is 23.4 Å². The second kappa shape index (κ2) is 9.51. The first-order valence-corrected chi connectivity index (χ1v) is 8.56. The van der Waals surface area contributed by atoms with Crippen molar-refractivity contribution in [2.24, 2.45) is 0 Å². The zero-order valence-corrected chi connectivity index (χ0v) is 16.2. The molecule has 0 fully saturated rings. The lowest BCUT2D eigenvalue weighted by Gasteiger charge is -2.11. The molecule has 0 aliphatic carbocycles. The molecular formula is C18H17ClN4O6. The van der Waals surface area contributed by atoms with Crippen LogP contribution in [0.2, 0.25) is 5.02 Å². The highest BCUT2D eigenvalue weighted by Gasteiger charge is 2.17. The molecule has 11 heteroatoms. The maximum absolute atomic E-state index is 12.2. The van der Waals surface area contributed by atoms with E-state index in [1.54, 1.807) is 13.0 Å². The molecule has 0 radical (unpaired) electrons. The van der Waals surface area contributed by atoms with E-state index in [1.807, 2.05) is 0 Å². The number of halogens is 1. The third kappa shape index (κ3) is 5.66. The third-order valence-corrected chi connectivity index (χ3v) is 4.03. The molecule has 152 valence electrons. The quantitative estimate of drug-likeness (QED) is 0.480. The zero-order chi connectivity index (χ0) is 21.6. The van der Waals surface area contributed by atoms with Gasteiger partial charge >= 0.3 is 0 Å². The molecule has 2 rings (SSSR count). The van der Waals surface area contributed by atoms with Gasteiger partial charge in [0.15, 0.2) is 0 Å². The molecule has 0 saturated heterocycles. The summed E-state index contributed by atoms with van der Waals surface area (Å²) in [6.07, 6.45) is 0. The molecule has 0 aliphatic heterocycles. The van der Waals surface area contributed by atoms with Gasteiger partial charge in [-0.3, -0.25) is 35.3 Å². The van der Waals surface area contributed by atoms with Crippen molar-refractivity contribution in [1.29, 1.82) is 0 Å². The van der Waals surface area contributed by atoms with Crippen LogP contribution in [0.15, 0.2) is 36.4 Å². The minimum absolute atomic E-state index is 0.0304. The number of nitro groups is 1. The van der Waals surface area contributed by atoms with E-state index in [1.165, 1.54) is 31.4 Å². The average molecular weight is 421 g/mol. The van der Waals surface area contributed by atoms with Crippen molar-refractivity contribution >= 4 is 35.0 Å². The molecule has 3 N–H and O–H groups in total. The monoisotopic (exact) mass is 420 g/mol. The van der Waals surface area contributed by atoms with Crippen molar-refractivity contribution in [2.45, 2.75) is 6.92 Å². The second-order valence-electron chi connectivity index (χ2n) is 5.79. The van der Waals surface area contributed by atoms with Gasteiger partial charge < -0.3 is 10.1 Å². The smallest absolute Gasteiger partial charge is 0.273 e. The first-order chi connectivity index (χ1) is 13.7. The molecule has 2 aromatic carbocycles. The number of rotatable bonds is 6. The number of ether oxygens (including phenoxy) is 1. The van der Waals surface area contributed by atoms with E-state index in [4.69, 9.17) is 16.3 Å². The summed E-state index contributed by atoms with van der Waals surface area (Å²) in [5.41, 5.74) is 4.66. The van der Waals surface area contributed by atoms with Gasteiger partial charge in [0.1, 0.15) is 5.75 Å². The molecule has 0 spiro atoms. The van der Waals surface area contributed by atoms with E-state index in [-0.39, 0.29) is 22.6 Å². The number of nitro benzene ring substituents is 1. The van der Waals surface area contributed by atoms with Crippen LogP contribution < -0.4 is 20.9 Å². The number of carbonyl (C=O) groups is 3. The van der Waals surface area contributed by atoms with Crippen molar-refractivity contribution in [3.05, 3.63) is 68.2 Å². The summed E-state index contributed by atoms with van der Waals surface area (Å²) in [6.45, 7) is 1.08. The predicted molar refractivity (Wildman–Crippen MR) is 104 cm³/mol. The summed E-state index contributed by atoms with van der Waals surface area (Å²) in [5.74, 6) is -1.80. The van der Waals surface area contributed by atoms with Crippen molar-refractivity contribution < 1.29 is 24.0 Å². The second-order valence-corrected chi connectivity index (χ2v) is 6.22. The number of benzene rings is 2. The first kappa shape index (κ1) is 21.6. The molecule has 0 atom stereocenters. The molecular weight excluding hydrogens is 404 g/mol. The standard InChI is InChI=1S/C18H17ClN4O6/c1-10-3-4-11(7-14(10)23(27)28)17(25)20-9-16(24)21-22-18(26)13-8-12(19)5-6-15(13)29-2/h3-8H,9H2,1-2H3,(H,20,25)(H,21,24)(H,22,26). The van der Waals surface area contributed by atoms with Crippen LogP contribution in [0.25, 0.3) is 0 Å². The maximum Gasteiger partial charge on any atom is 0.273 e. The van der Waals surface area contributed by atoms with Crippen molar-refractivity contribution in [1.82, 2.24) is 16.2 Å². The fraction of sp³-hybridized carbons (Fsp3) is 0.167. The van der Waals surface area contributed by atoms with Gasteiger partial charge in [0.05, 0.1) is 24.1 Å². The van der Waals surface area contributed by atoms with E-state index in [9.17, 15) is 24.5 Å². The van der Waals surface area contributed by atoms with Gasteiger partial charge in [-0.25, -0.2) is 0 Å². The number of methoxy groups -OCH3 is 1. The molecule has 0 bridgehead atoms. The van der Waals surface area contributed by atoms with Crippen molar-refractivity contribution in [2.75, 3.05) is 13.7 Å². The van der Waals surface area contributed by atoms with Crippen LogP contribution in [0, 0.1) is 17.0 Å². The summed E-state index contributed by atoms with van der Waals surface area (Å²) in [6, 6.07) is 8.37. The van der Waals surface area contributed by atoms with Crippen LogP contribution >= 0.6 is 11.6 Å². The average Bonchev–Trinajstić information content (AvgIpc) is 2.70. The Kier molecular flexibility index (Phi) is 7.10. The van der Waals surface area contributed by atoms with Crippen molar-refractivity contribution in [3.63, 3.8) is 0 Å². The summed E-state index contributed by atoms with van der Waals surface area (Å²) >= 11 is 5.85.